The van der Waals surface area contributed by atoms with Crippen molar-refractivity contribution >= 4 is 10.0 Å². The first-order valence-electron chi connectivity index (χ1n) is 11.1. The Bertz CT molecular complexity index is 1280. The first kappa shape index (κ1) is 20.1. The number of aryl methyl sites for hydroxylation is 2. The average Bonchev–Trinajstić information content (AvgIpc) is 3.48. The second-order valence-corrected chi connectivity index (χ2v) is 11.4. The van der Waals surface area contributed by atoms with Crippen LogP contribution in [-0.2, 0) is 17.1 Å². The summed E-state index contributed by atoms with van der Waals surface area (Å²) in [4.78, 5) is 8.56. The summed E-state index contributed by atoms with van der Waals surface area (Å²) in [6, 6.07) is 8.44. The number of piperidine rings is 1. The van der Waals surface area contributed by atoms with Crippen LogP contribution in [-0.4, -0.2) is 56.1 Å². The highest BCUT2D eigenvalue weighted by Crippen LogP contribution is 2.59. The normalized spacial score (nSPS) is 26.7. The van der Waals surface area contributed by atoms with Crippen LogP contribution in [0, 0.1) is 18.3 Å². The van der Waals surface area contributed by atoms with Crippen molar-refractivity contribution in [2.45, 2.75) is 43.4 Å². The largest absolute Gasteiger partial charge is 0.392 e. The molecule has 3 aliphatic rings. The Balaban J connectivity index is 1.20. The van der Waals surface area contributed by atoms with E-state index in [1.165, 1.54) is 15.4 Å². The molecule has 8 nitrogen and oxygen atoms in total. The number of fused-ring (bicyclic) bond motifs is 3. The molecule has 3 atom stereocenters. The zero-order chi connectivity index (χ0) is 22.3. The SMILES string of the molecule is Cc1nc(S(=O)(=O)N2CCC3(CC2)C[C@@H](C2c4ccccc4-c4cncn42)[C@H]3O)cn1C. The zero-order valence-corrected chi connectivity index (χ0v) is 19.0. The number of aromatic nitrogens is 4. The van der Waals surface area contributed by atoms with E-state index in [0.717, 1.165) is 12.1 Å². The zero-order valence-electron chi connectivity index (χ0n) is 18.2. The lowest BCUT2D eigenvalue weighted by molar-refractivity contribution is -0.152. The third-order valence-corrected chi connectivity index (χ3v) is 9.78. The fourth-order valence-corrected chi connectivity index (χ4v) is 7.51. The molecule has 168 valence electrons. The van der Waals surface area contributed by atoms with E-state index in [-0.39, 0.29) is 22.4 Å². The predicted octanol–water partition coefficient (Wildman–Crippen LogP) is 2.35. The van der Waals surface area contributed by atoms with E-state index in [1.54, 1.807) is 24.7 Å². The van der Waals surface area contributed by atoms with Gasteiger partial charge in [-0.15, -0.1) is 0 Å². The molecule has 2 fully saturated rings. The summed E-state index contributed by atoms with van der Waals surface area (Å²) >= 11 is 0. The van der Waals surface area contributed by atoms with Crippen LogP contribution < -0.4 is 0 Å². The van der Waals surface area contributed by atoms with Crippen molar-refractivity contribution in [1.29, 1.82) is 0 Å². The van der Waals surface area contributed by atoms with Gasteiger partial charge in [0.15, 0.2) is 5.03 Å². The molecule has 1 unspecified atom stereocenters. The summed E-state index contributed by atoms with van der Waals surface area (Å²) in [5, 5.41) is 11.5. The molecule has 4 heterocycles. The molecule has 0 amide bonds. The van der Waals surface area contributed by atoms with E-state index >= 15 is 0 Å². The minimum atomic E-state index is -3.61. The number of imidazole rings is 2. The van der Waals surface area contributed by atoms with Crippen molar-refractivity contribution in [2.75, 3.05) is 13.1 Å². The van der Waals surface area contributed by atoms with E-state index in [9.17, 15) is 13.5 Å². The lowest BCUT2D eigenvalue weighted by atomic mass is 9.53. The van der Waals surface area contributed by atoms with Gasteiger partial charge >= 0.3 is 0 Å². The Morgan fingerprint density at radius 1 is 1.19 bits per heavy atom. The molecule has 1 saturated heterocycles. The van der Waals surface area contributed by atoms with Crippen LogP contribution >= 0.6 is 0 Å². The third kappa shape index (κ3) is 2.64. The van der Waals surface area contributed by atoms with Crippen molar-refractivity contribution in [3.8, 4) is 11.3 Å². The van der Waals surface area contributed by atoms with Gasteiger partial charge in [0, 0.05) is 37.8 Å². The number of aliphatic hydroxyl groups excluding tert-OH is 1. The number of sulfonamides is 1. The summed E-state index contributed by atoms with van der Waals surface area (Å²) < 4.78 is 31.5. The number of hydrogen-bond acceptors (Lipinski definition) is 5. The first-order chi connectivity index (χ1) is 15.3. The molecule has 6 rings (SSSR count). The molecular formula is C23H27N5O3S. The van der Waals surface area contributed by atoms with Crippen LogP contribution in [0.25, 0.3) is 11.3 Å². The Kier molecular flexibility index (Phi) is 4.25. The van der Waals surface area contributed by atoms with Crippen LogP contribution in [0.15, 0.2) is 48.0 Å². The summed E-state index contributed by atoms with van der Waals surface area (Å²) in [7, 11) is -1.81. The second kappa shape index (κ2) is 6.76. The number of aliphatic hydroxyl groups is 1. The number of nitrogens with zero attached hydrogens (tertiary/aromatic N) is 5. The molecule has 1 spiro atoms. The Morgan fingerprint density at radius 3 is 2.62 bits per heavy atom. The van der Waals surface area contributed by atoms with Gasteiger partial charge in [-0.25, -0.2) is 18.4 Å². The van der Waals surface area contributed by atoms with Crippen LogP contribution in [0.5, 0.6) is 0 Å². The molecule has 1 N–H and O–H groups in total. The lowest BCUT2D eigenvalue weighted by Crippen LogP contribution is -2.59. The maximum atomic E-state index is 13.0. The summed E-state index contributed by atoms with van der Waals surface area (Å²) in [5.41, 5.74) is 3.32. The number of rotatable bonds is 3. The molecule has 1 saturated carbocycles. The summed E-state index contributed by atoms with van der Waals surface area (Å²) in [6.07, 6.45) is 7.09. The molecular weight excluding hydrogens is 426 g/mol. The molecule has 3 aromatic rings. The highest BCUT2D eigenvalue weighted by molar-refractivity contribution is 7.89. The monoisotopic (exact) mass is 453 g/mol. The maximum absolute atomic E-state index is 13.0. The van der Waals surface area contributed by atoms with Gasteiger partial charge in [-0.3, -0.25) is 0 Å². The van der Waals surface area contributed by atoms with Crippen molar-refractivity contribution in [3.63, 3.8) is 0 Å². The van der Waals surface area contributed by atoms with Gasteiger partial charge in [-0.05, 0) is 37.2 Å². The minimum absolute atomic E-state index is 0.0857. The van der Waals surface area contributed by atoms with Gasteiger partial charge in [0.1, 0.15) is 5.82 Å². The molecule has 2 aromatic heterocycles. The lowest BCUT2D eigenvalue weighted by Gasteiger charge is -2.57. The van der Waals surface area contributed by atoms with Gasteiger partial charge in [0.2, 0.25) is 0 Å². The molecule has 1 aromatic carbocycles. The predicted molar refractivity (Wildman–Crippen MR) is 118 cm³/mol. The van der Waals surface area contributed by atoms with Crippen molar-refractivity contribution in [1.82, 2.24) is 23.4 Å². The van der Waals surface area contributed by atoms with Crippen molar-refractivity contribution in [3.05, 3.63) is 54.4 Å². The average molecular weight is 454 g/mol. The quantitative estimate of drug-likeness (QED) is 0.657. The van der Waals surface area contributed by atoms with Crippen molar-refractivity contribution in [2.24, 2.45) is 18.4 Å². The van der Waals surface area contributed by atoms with E-state index in [0.29, 0.717) is 31.8 Å². The molecule has 1 aliphatic carbocycles. The van der Waals surface area contributed by atoms with E-state index < -0.39 is 16.1 Å². The van der Waals surface area contributed by atoms with Crippen LogP contribution in [0.1, 0.15) is 36.7 Å². The maximum Gasteiger partial charge on any atom is 0.262 e. The van der Waals surface area contributed by atoms with E-state index in [4.69, 9.17) is 0 Å². The van der Waals surface area contributed by atoms with Gasteiger partial charge < -0.3 is 14.2 Å². The molecule has 32 heavy (non-hydrogen) atoms. The van der Waals surface area contributed by atoms with E-state index in [2.05, 4.69) is 32.7 Å². The Morgan fingerprint density at radius 2 is 1.94 bits per heavy atom. The summed E-state index contributed by atoms with van der Waals surface area (Å²) in [5.74, 6) is 0.776. The van der Waals surface area contributed by atoms with Crippen molar-refractivity contribution < 1.29 is 13.5 Å². The van der Waals surface area contributed by atoms with Crippen LogP contribution in [0.4, 0.5) is 0 Å². The number of benzene rings is 1. The van der Waals surface area contributed by atoms with Gasteiger partial charge in [-0.1, -0.05) is 24.3 Å². The van der Waals surface area contributed by atoms with E-state index in [1.807, 2.05) is 18.6 Å². The second-order valence-electron chi connectivity index (χ2n) is 9.53. The first-order valence-corrected chi connectivity index (χ1v) is 12.6. The highest BCUT2D eigenvalue weighted by Gasteiger charge is 2.58. The molecule has 0 bridgehead atoms. The number of hydrogen-bond donors (Lipinski definition) is 1. The fourth-order valence-electron chi connectivity index (χ4n) is 6.04. The highest BCUT2D eigenvalue weighted by atomic mass is 32.2. The van der Waals surface area contributed by atoms with Crippen LogP contribution in [0.3, 0.4) is 0 Å². The summed E-state index contributed by atoms with van der Waals surface area (Å²) in [6.45, 7) is 2.63. The minimum Gasteiger partial charge on any atom is -0.392 e. The third-order valence-electron chi connectivity index (χ3n) is 8.01. The Labute approximate surface area is 187 Å². The molecule has 9 heteroatoms. The molecule has 0 radical (unpaired) electrons. The van der Waals surface area contributed by atoms with Gasteiger partial charge in [0.25, 0.3) is 10.0 Å². The Hall–Kier alpha value is -2.49. The standard InChI is InChI=1S/C23H27N5O3S/c1-15-25-20(13-26(15)2)32(30,31)27-9-7-23(8-10-27)11-18(22(23)29)21-17-6-4-3-5-16(17)19-12-24-14-28(19)21/h3-6,12-14,18,21-22,29H,7-11H2,1-2H3/t18-,21?,22+/m0/s1. The molecule has 2 aliphatic heterocycles. The van der Waals surface area contributed by atoms with Gasteiger partial charge in [0.05, 0.1) is 30.4 Å². The van der Waals surface area contributed by atoms with Crippen LogP contribution in [0.2, 0.25) is 0 Å². The topological polar surface area (TPSA) is 93.2 Å². The smallest absolute Gasteiger partial charge is 0.262 e. The fraction of sp³-hybridized carbons (Fsp3) is 0.478. The van der Waals surface area contributed by atoms with Gasteiger partial charge in [-0.2, -0.15) is 4.31 Å².